The number of pyridine rings is 1. The van der Waals surface area contributed by atoms with Crippen LogP contribution in [0.2, 0.25) is 0 Å². The molecule has 0 spiro atoms. The summed E-state index contributed by atoms with van der Waals surface area (Å²) in [5, 5.41) is 9.31. The molecule has 158 valence electrons. The molecule has 9 heteroatoms. The van der Waals surface area contributed by atoms with E-state index in [1.165, 1.54) is 0 Å². The van der Waals surface area contributed by atoms with Gasteiger partial charge < -0.3 is 9.15 Å². The number of hydrogen-bond acceptors (Lipinski definition) is 8. The lowest BCUT2D eigenvalue weighted by Gasteiger charge is -2.26. The Morgan fingerprint density at radius 1 is 1.03 bits per heavy atom. The Kier molecular flexibility index (Phi) is 3.76. The fourth-order valence-corrected chi connectivity index (χ4v) is 5.01. The molecule has 0 N–H and O–H groups in total. The zero-order valence-corrected chi connectivity index (χ0v) is 17.7. The van der Waals surface area contributed by atoms with Crippen molar-refractivity contribution in [1.82, 2.24) is 24.6 Å². The Balaban J connectivity index is 1.56. The van der Waals surface area contributed by atoms with E-state index >= 15 is 0 Å². The molecule has 6 aromatic rings. The maximum Gasteiger partial charge on any atom is 0.344 e. The first-order chi connectivity index (χ1) is 16.3. The normalized spacial score (nSPS) is 14.7. The first-order valence-electron chi connectivity index (χ1n) is 10.2. The molecule has 8 nitrogen and oxygen atoms in total. The molecular weight excluding hydrogens is 438 g/mol. The summed E-state index contributed by atoms with van der Waals surface area (Å²) in [5.41, 5.74) is 3.48. The maximum atomic E-state index is 13.2. The zero-order valence-electron chi connectivity index (χ0n) is 16.9. The Bertz CT molecular complexity index is 1720. The van der Waals surface area contributed by atoms with Gasteiger partial charge in [-0.3, -0.25) is 4.98 Å². The Labute approximate surface area is 189 Å². The summed E-state index contributed by atoms with van der Waals surface area (Å²) in [6.45, 7) is 0. The van der Waals surface area contributed by atoms with Gasteiger partial charge in [0, 0.05) is 18.0 Å². The van der Waals surface area contributed by atoms with Gasteiger partial charge >= 0.3 is 5.63 Å². The van der Waals surface area contributed by atoms with Gasteiger partial charge in [-0.2, -0.15) is 11.3 Å². The highest BCUT2D eigenvalue weighted by atomic mass is 32.1. The molecular formula is C24H13N5O3S. The summed E-state index contributed by atoms with van der Waals surface area (Å²) in [6.07, 6.45) is 4.96. The molecule has 1 aliphatic heterocycles. The first kappa shape index (κ1) is 18.2. The van der Waals surface area contributed by atoms with Crippen LogP contribution in [-0.4, -0.2) is 24.6 Å². The molecule has 0 saturated carbocycles. The SMILES string of the molecule is O=c1oc2ccccc2c2c1C(c1ccsc1)c1c(ncn3nc(-c4ccncc4)nc13)O2. The zero-order chi connectivity index (χ0) is 21.9. The second kappa shape index (κ2) is 6.81. The third-order valence-corrected chi connectivity index (χ3v) is 6.48. The van der Waals surface area contributed by atoms with Crippen molar-refractivity contribution in [3.05, 3.63) is 99.1 Å². The third kappa shape index (κ3) is 2.66. The Hall–Kier alpha value is -4.37. The largest absolute Gasteiger partial charge is 0.437 e. The van der Waals surface area contributed by atoms with Crippen LogP contribution in [0.3, 0.4) is 0 Å². The van der Waals surface area contributed by atoms with Crippen molar-refractivity contribution in [1.29, 1.82) is 0 Å². The van der Waals surface area contributed by atoms with E-state index in [-0.39, 0.29) is 0 Å². The molecule has 7 rings (SSSR count). The van der Waals surface area contributed by atoms with Crippen molar-refractivity contribution in [3.8, 4) is 23.0 Å². The second-order valence-corrected chi connectivity index (χ2v) is 8.40. The highest BCUT2D eigenvalue weighted by molar-refractivity contribution is 7.08. The van der Waals surface area contributed by atoms with E-state index in [4.69, 9.17) is 14.1 Å². The van der Waals surface area contributed by atoms with Gasteiger partial charge in [0.25, 0.3) is 0 Å². The highest BCUT2D eigenvalue weighted by Crippen LogP contribution is 2.49. The van der Waals surface area contributed by atoms with Crippen molar-refractivity contribution in [3.63, 3.8) is 0 Å². The van der Waals surface area contributed by atoms with E-state index in [2.05, 4.69) is 15.1 Å². The molecule has 1 unspecified atom stereocenters. The van der Waals surface area contributed by atoms with E-state index < -0.39 is 11.5 Å². The third-order valence-electron chi connectivity index (χ3n) is 5.78. The van der Waals surface area contributed by atoms with E-state index in [9.17, 15) is 4.79 Å². The Morgan fingerprint density at radius 2 is 1.91 bits per heavy atom. The van der Waals surface area contributed by atoms with Gasteiger partial charge in [-0.25, -0.2) is 19.3 Å². The van der Waals surface area contributed by atoms with Crippen LogP contribution in [0, 0.1) is 0 Å². The minimum atomic E-state index is -0.457. The number of ether oxygens (including phenoxy) is 1. The van der Waals surface area contributed by atoms with Crippen molar-refractivity contribution in [2.45, 2.75) is 5.92 Å². The molecule has 0 saturated heterocycles. The minimum Gasteiger partial charge on any atom is -0.437 e. The van der Waals surface area contributed by atoms with E-state index in [0.717, 1.165) is 16.5 Å². The fraction of sp³-hybridized carbons (Fsp3) is 0.0417. The van der Waals surface area contributed by atoms with Crippen molar-refractivity contribution >= 4 is 28.0 Å². The van der Waals surface area contributed by atoms with Crippen LogP contribution in [-0.2, 0) is 0 Å². The van der Waals surface area contributed by atoms with Gasteiger partial charge in [0.1, 0.15) is 11.9 Å². The van der Waals surface area contributed by atoms with Gasteiger partial charge in [-0.15, -0.1) is 5.10 Å². The fourth-order valence-electron chi connectivity index (χ4n) is 4.33. The van der Waals surface area contributed by atoms with Crippen molar-refractivity contribution in [2.24, 2.45) is 0 Å². The van der Waals surface area contributed by atoms with Crippen LogP contribution in [0.1, 0.15) is 22.6 Å². The average molecular weight is 451 g/mol. The van der Waals surface area contributed by atoms with Gasteiger partial charge in [-0.05, 0) is 46.7 Å². The standard InChI is InChI=1S/C24H13N5O3S/c30-24-18-17(14-7-10-33-11-14)19-22-27-21(13-5-8-25-9-6-13)28-29(22)12-26-23(19)32-20(18)15-3-1-2-4-16(15)31-24/h1-12,17H. The lowest BCUT2D eigenvalue weighted by molar-refractivity contribution is 0.422. The van der Waals surface area contributed by atoms with Crippen LogP contribution in [0.4, 0.5) is 0 Å². The lowest BCUT2D eigenvalue weighted by Crippen LogP contribution is -2.22. The van der Waals surface area contributed by atoms with Crippen LogP contribution >= 0.6 is 11.3 Å². The number of benzene rings is 1. The molecule has 0 bridgehead atoms. The molecule has 0 fully saturated rings. The van der Waals surface area contributed by atoms with Crippen molar-refractivity contribution in [2.75, 3.05) is 0 Å². The highest BCUT2D eigenvalue weighted by Gasteiger charge is 2.37. The number of aromatic nitrogens is 5. The summed E-state index contributed by atoms with van der Waals surface area (Å²) in [6, 6.07) is 13.0. The van der Waals surface area contributed by atoms with Gasteiger partial charge in [0.05, 0.1) is 22.4 Å². The summed E-state index contributed by atoms with van der Waals surface area (Å²) in [4.78, 5) is 26.6. The van der Waals surface area contributed by atoms with Gasteiger partial charge in [-0.1, -0.05) is 12.1 Å². The quantitative estimate of drug-likeness (QED) is 0.353. The second-order valence-electron chi connectivity index (χ2n) is 7.62. The number of hydrogen-bond donors (Lipinski definition) is 0. The molecule has 5 aromatic heterocycles. The van der Waals surface area contributed by atoms with Crippen molar-refractivity contribution < 1.29 is 9.15 Å². The van der Waals surface area contributed by atoms with Crippen LogP contribution in [0.15, 0.2) is 81.2 Å². The topological polar surface area (TPSA) is 95.4 Å². The van der Waals surface area contributed by atoms with E-state index in [1.807, 2.05) is 47.2 Å². The lowest BCUT2D eigenvalue weighted by atomic mass is 9.85. The molecule has 1 aliphatic rings. The predicted octanol–water partition coefficient (Wildman–Crippen LogP) is 4.64. The first-order valence-corrected chi connectivity index (χ1v) is 11.1. The summed E-state index contributed by atoms with van der Waals surface area (Å²) in [7, 11) is 0. The molecule has 1 aromatic carbocycles. The van der Waals surface area contributed by atoms with Crippen LogP contribution in [0.25, 0.3) is 28.0 Å². The Morgan fingerprint density at radius 3 is 2.76 bits per heavy atom. The molecule has 0 aliphatic carbocycles. The number of rotatable bonds is 2. The summed E-state index contributed by atoms with van der Waals surface area (Å²) >= 11 is 1.56. The maximum absolute atomic E-state index is 13.2. The monoisotopic (exact) mass is 451 g/mol. The average Bonchev–Trinajstić information content (AvgIpc) is 3.54. The van der Waals surface area contributed by atoms with Crippen LogP contribution in [0.5, 0.6) is 11.6 Å². The number of thiophene rings is 1. The predicted molar refractivity (Wildman–Crippen MR) is 122 cm³/mol. The smallest absolute Gasteiger partial charge is 0.344 e. The summed E-state index contributed by atoms with van der Waals surface area (Å²) in [5.74, 6) is 0.946. The molecule has 33 heavy (non-hydrogen) atoms. The molecule has 0 radical (unpaired) electrons. The van der Waals surface area contributed by atoms with E-state index in [1.54, 1.807) is 40.6 Å². The number of fused-ring (bicyclic) bond motifs is 6. The van der Waals surface area contributed by atoms with Crippen LogP contribution < -0.4 is 10.4 Å². The van der Waals surface area contributed by atoms with Gasteiger partial charge in [0.2, 0.25) is 5.88 Å². The molecule has 1 atom stereocenters. The molecule has 0 amide bonds. The summed E-state index contributed by atoms with van der Waals surface area (Å²) < 4.78 is 13.6. The minimum absolute atomic E-state index is 0.399. The number of para-hydroxylation sites is 1. The number of nitrogens with zero attached hydrogens (tertiary/aromatic N) is 5. The van der Waals surface area contributed by atoms with E-state index in [0.29, 0.717) is 39.8 Å². The molecule has 6 heterocycles. The van der Waals surface area contributed by atoms with Gasteiger partial charge in [0.15, 0.2) is 17.2 Å².